The molecule has 0 radical (unpaired) electrons. The highest BCUT2D eigenvalue weighted by molar-refractivity contribution is 5.90. The van der Waals surface area contributed by atoms with Gasteiger partial charge in [-0.15, -0.1) is 0 Å². The third kappa shape index (κ3) is 2.49. The van der Waals surface area contributed by atoms with Crippen LogP contribution in [0.5, 0.6) is 11.5 Å². The Kier molecular flexibility index (Phi) is 3.57. The smallest absolute Gasteiger partial charge is 0.131 e. The summed E-state index contributed by atoms with van der Waals surface area (Å²) < 4.78 is 6.10. The summed E-state index contributed by atoms with van der Waals surface area (Å²) in [5.74, 6) is 2.08. The van der Waals surface area contributed by atoms with Gasteiger partial charge in [0.25, 0.3) is 0 Å². The minimum atomic E-state index is 0.190. The zero-order valence-electron chi connectivity index (χ0n) is 14.3. The maximum atomic E-state index is 6.10. The molecule has 0 unspecified atom stereocenters. The van der Waals surface area contributed by atoms with Gasteiger partial charge in [-0.05, 0) is 28.5 Å². The van der Waals surface area contributed by atoms with Crippen molar-refractivity contribution in [2.45, 2.75) is 5.92 Å². The SMILES string of the molecule is C(=CC1c2ccccc2Oc2ccccc21)c1cccc2ccccc12. The summed E-state index contributed by atoms with van der Waals surface area (Å²) in [5, 5.41) is 2.54. The Hall–Kier alpha value is -3.32. The zero-order valence-corrected chi connectivity index (χ0v) is 14.3. The molecule has 0 bridgehead atoms. The van der Waals surface area contributed by atoms with E-state index >= 15 is 0 Å². The van der Waals surface area contributed by atoms with Crippen molar-refractivity contribution in [1.82, 2.24) is 0 Å². The van der Waals surface area contributed by atoms with Crippen molar-refractivity contribution in [1.29, 1.82) is 0 Å². The number of ether oxygens (including phenoxy) is 1. The lowest BCUT2D eigenvalue weighted by Gasteiger charge is -2.26. The molecular formula is C25H18O. The van der Waals surface area contributed by atoms with Crippen LogP contribution < -0.4 is 4.74 Å². The summed E-state index contributed by atoms with van der Waals surface area (Å²) >= 11 is 0. The summed E-state index contributed by atoms with van der Waals surface area (Å²) in [6.45, 7) is 0. The topological polar surface area (TPSA) is 9.23 Å². The van der Waals surface area contributed by atoms with Gasteiger partial charge in [0.15, 0.2) is 0 Å². The molecule has 0 aromatic heterocycles. The van der Waals surface area contributed by atoms with Crippen LogP contribution in [0.15, 0.2) is 97.1 Å². The Labute approximate surface area is 153 Å². The van der Waals surface area contributed by atoms with E-state index in [1.807, 2.05) is 24.3 Å². The number of benzene rings is 4. The molecule has 0 amide bonds. The van der Waals surface area contributed by atoms with Gasteiger partial charge in [0.1, 0.15) is 11.5 Å². The largest absolute Gasteiger partial charge is 0.457 e. The van der Waals surface area contributed by atoms with Crippen LogP contribution in [0, 0.1) is 0 Å². The van der Waals surface area contributed by atoms with E-state index < -0.39 is 0 Å². The molecule has 1 heterocycles. The molecule has 0 aliphatic carbocycles. The molecule has 0 N–H and O–H groups in total. The molecule has 1 aliphatic rings. The normalized spacial score (nSPS) is 13.4. The molecule has 4 aromatic carbocycles. The lowest BCUT2D eigenvalue weighted by molar-refractivity contribution is 0.454. The molecule has 0 fully saturated rings. The van der Waals surface area contributed by atoms with E-state index in [4.69, 9.17) is 4.74 Å². The number of fused-ring (bicyclic) bond motifs is 3. The van der Waals surface area contributed by atoms with Crippen molar-refractivity contribution in [3.63, 3.8) is 0 Å². The Balaban J connectivity index is 1.63. The predicted octanol–water partition coefficient (Wildman–Crippen LogP) is 6.79. The fraction of sp³-hybridized carbons (Fsp3) is 0.0400. The van der Waals surface area contributed by atoms with Crippen LogP contribution in [0.3, 0.4) is 0 Å². The van der Waals surface area contributed by atoms with Crippen molar-refractivity contribution in [2.75, 3.05) is 0 Å². The summed E-state index contributed by atoms with van der Waals surface area (Å²) in [7, 11) is 0. The first-order chi connectivity index (χ1) is 12.9. The number of hydrogen-bond donors (Lipinski definition) is 0. The summed E-state index contributed by atoms with van der Waals surface area (Å²) in [6, 6.07) is 31.6. The van der Waals surface area contributed by atoms with E-state index in [0.29, 0.717) is 0 Å². The van der Waals surface area contributed by atoms with Crippen LogP contribution in [-0.2, 0) is 0 Å². The van der Waals surface area contributed by atoms with Gasteiger partial charge in [-0.2, -0.15) is 0 Å². The van der Waals surface area contributed by atoms with Crippen LogP contribution in [0.4, 0.5) is 0 Å². The van der Waals surface area contributed by atoms with Gasteiger partial charge in [-0.1, -0.05) is 91.0 Å². The average Bonchev–Trinajstić information content (AvgIpc) is 2.71. The highest BCUT2D eigenvalue weighted by atomic mass is 16.5. The number of hydrogen-bond acceptors (Lipinski definition) is 1. The van der Waals surface area contributed by atoms with E-state index in [-0.39, 0.29) is 5.92 Å². The van der Waals surface area contributed by atoms with E-state index in [1.54, 1.807) is 0 Å². The summed E-state index contributed by atoms with van der Waals surface area (Å²) in [6.07, 6.45) is 4.54. The molecule has 1 heteroatoms. The summed E-state index contributed by atoms with van der Waals surface area (Å²) in [4.78, 5) is 0. The van der Waals surface area contributed by atoms with Crippen LogP contribution in [0.2, 0.25) is 0 Å². The molecule has 0 saturated carbocycles. The minimum Gasteiger partial charge on any atom is -0.457 e. The van der Waals surface area contributed by atoms with E-state index in [1.165, 1.54) is 27.5 Å². The zero-order chi connectivity index (χ0) is 17.3. The average molecular weight is 334 g/mol. The first-order valence-corrected chi connectivity index (χ1v) is 8.92. The Morgan fingerprint density at radius 3 is 2.00 bits per heavy atom. The van der Waals surface area contributed by atoms with Crippen molar-refractivity contribution in [3.05, 3.63) is 114 Å². The van der Waals surface area contributed by atoms with Crippen LogP contribution in [0.1, 0.15) is 22.6 Å². The fourth-order valence-corrected chi connectivity index (χ4v) is 3.75. The fourth-order valence-electron chi connectivity index (χ4n) is 3.75. The second-order valence-electron chi connectivity index (χ2n) is 6.58. The first kappa shape index (κ1) is 15.0. The Bertz CT molecular complexity index is 1070. The maximum Gasteiger partial charge on any atom is 0.131 e. The van der Waals surface area contributed by atoms with Crippen LogP contribution in [-0.4, -0.2) is 0 Å². The minimum absolute atomic E-state index is 0.190. The molecule has 0 saturated heterocycles. The Morgan fingerprint density at radius 2 is 1.23 bits per heavy atom. The van der Waals surface area contributed by atoms with Crippen molar-refractivity contribution < 1.29 is 4.74 Å². The summed E-state index contributed by atoms with van der Waals surface area (Å²) in [5.41, 5.74) is 3.66. The Morgan fingerprint density at radius 1 is 0.615 bits per heavy atom. The van der Waals surface area contributed by atoms with Gasteiger partial charge >= 0.3 is 0 Å². The van der Waals surface area contributed by atoms with Gasteiger partial charge in [0, 0.05) is 17.0 Å². The third-order valence-electron chi connectivity index (χ3n) is 5.02. The van der Waals surface area contributed by atoms with E-state index in [2.05, 4.69) is 78.9 Å². The van der Waals surface area contributed by atoms with Gasteiger partial charge in [-0.3, -0.25) is 0 Å². The van der Waals surface area contributed by atoms with Crippen LogP contribution in [0.25, 0.3) is 16.8 Å². The van der Waals surface area contributed by atoms with Gasteiger partial charge < -0.3 is 4.74 Å². The van der Waals surface area contributed by atoms with Gasteiger partial charge in [-0.25, -0.2) is 0 Å². The molecule has 1 nitrogen and oxygen atoms in total. The highest BCUT2D eigenvalue weighted by Crippen LogP contribution is 2.44. The van der Waals surface area contributed by atoms with E-state index in [9.17, 15) is 0 Å². The third-order valence-corrected chi connectivity index (χ3v) is 5.02. The lowest BCUT2D eigenvalue weighted by atomic mass is 9.87. The first-order valence-electron chi connectivity index (χ1n) is 8.92. The standard InChI is InChI=1S/C25H18O/c1-2-11-20-18(8-1)9-7-10-19(20)16-17-21-22-12-3-5-14-24(22)26-25-15-6-4-13-23(21)25/h1-17,21H. The molecule has 0 atom stereocenters. The van der Waals surface area contributed by atoms with Gasteiger partial charge in [0.2, 0.25) is 0 Å². The molecule has 5 rings (SSSR count). The number of rotatable bonds is 2. The maximum absolute atomic E-state index is 6.10. The van der Waals surface area contributed by atoms with Gasteiger partial charge in [0.05, 0.1) is 0 Å². The quantitative estimate of drug-likeness (QED) is 0.392. The lowest BCUT2D eigenvalue weighted by Crippen LogP contribution is -2.08. The molecule has 0 spiro atoms. The van der Waals surface area contributed by atoms with E-state index in [0.717, 1.165) is 11.5 Å². The second kappa shape index (κ2) is 6.20. The van der Waals surface area contributed by atoms with Crippen molar-refractivity contribution >= 4 is 16.8 Å². The monoisotopic (exact) mass is 334 g/mol. The molecule has 124 valence electrons. The molecule has 1 aliphatic heterocycles. The second-order valence-corrected chi connectivity index (χ2v) is 6.58. The number of para-hydroxylation sites is 2. The van der Waals surface area contributed by atoms with Crippen molar-refractivity contribution in [2.24, 2.45) is 0 Å². The van der Waals surface area contributed by atoms with Crippen LogP contribution >= 0.6 is 0 Å². The highest BCUT2D eigenvalue weighted by Gasteiger charge is 2.24. The molecule has 4 aromatic rings. The predicted molar refractivity (Wildman–Crippen MR) is 108 cm³/mol. The molecular weight excluding hydrogens is 316 g/mol. The number of allylic oxidation sites excluding steroid dienone is 1. The molecule has 26 heavy (non-hydrogen) atoms. The van der Waals surface area contributed by atoms with Crippen molar-refractivity contribution in [3.8, 4) is 11.5 Å².